The second kappa shape index (κ2) is 5.81. The Kier molecular flexibility index (Phi) is 3.83. The number of aliphatic imine (C=N–C) groups is 1. The Labute approximate surface area is 129 Å². The van der Waals surface area contributed by atoms with Gasteiger partial charge in [0.05, 0.1) is 5.69 Å². The van der Waals surface area contributed by atoms with Crippen molar-refractivity contribution in [1.29, 1.82) is 0 Å². The molecule has 1 atom stereocenters. The van der Waals surface area contributed by atoms with Crippen molar-refractivity contribution in [2.24, 2.45) is 10.7 Å². The van der Waals surface area contributed by atoms with Gasteiger partial charge in [-0.15, -0.1) is 0 Å². The SMILES string of the molecule is NC1C=CN=C(n2nc(-c3cccnc3)cc2C(F)(F)F)C=C1. The van der Waals surface area contributed by atoms with E-state index in [4.69, 9.17) is 5.73 Å². The first-order valence-electron chi connectivity index (χ1n) is 6.71. The predicted octanol–water partition coefficient (Wildman–Crippen LogP) is 2.62. The van der Waals surface area contributed by atoms with E-state index in [1.807, 2.05) is 0 Å². The topological polar surface area (TPSA) is 69.1 Å². The molecule has 5 nitrogen and oxygen atoms in total. The first-order valence-corrected chi connectivity index (χ1v) is 6.71. The maximum Gasteiger partial charge on any atom is 0.433 e. The van der Waals surface area contributed by atoms with Crippen LogP contribution in [0, 0.1) is 0 Å². The average Bonchev–Trinajstić information content (AvgIpc) is 2.86. The monoisotopic (exact) mass is 319 g/mol. The Morgan fingerprint density at radius 1 is 1.22 bits per heavy atom. The van der Waals surface area contributed by atoms with Crippen LogP contribution in [0.15, 0.2) is 60.0 Å². The van der Waals surface area contributed by atoms with E-state index in [1.54, 1.807) is 24.3 Å². The van der Waals surface area contributed by atoms with Crippen LogP contribution in [0.4, 0.5) is 13.2 Å². The third kappa shape index (κ3) is 3.21. The molecule has 0 saturated carbocycles. The quantitative estimate of drug-likeness (QED) is 0.878. The fourth-order valence-corrected chi connectivity index (χ4v) is 2.06. The van der Waals surface area contributed by atoms with Crippen molar-refractivity contribution in [2.75, 3.05) is 0 Å². The second-order valence-electron chi connectivity index (χ2n) is 4.83. The lowest BCUT2D eigenvalue weighted by atomic mass is 10.2. The number of hydrogen-bond donors (Lipinski definition) is 1. The molecule has 0 aromatic carbocycles. The van der Waals surface area contributed by atoms with Gasteiger partial charge in [-0.3, -0.25) is 4.98 Å². The Balaban J connectivity index is 2.12. The second-order valence-corrected chi connectivity index (χ2v) is 4.83. The van der Waals surface area contributed by atoms with Crippen molar-refractivity contribution in [3.8, 4) is 11.3 Å². The summed E-state index contributed by atoms with van der Waals surface area (Å²) in [7, 11) is 0. The van der Waals surface area contributed by atoms with Crippen LogP contribution in [0.2, 0.25) is 0 Å². The van der Waals surface area contributed by atoms with Crippen LogP contribution >= 0.6 is 0 Å². The van der Waals surface area contributed by atoms with Gasteiger partial charge < -0.3 is 5.73 Å². The molecule has 0 amide bonds. The van der Waals surface area contributed by atoms with E-state index < -0.39 is 17.9 Å². The number of pyridine rings is 1. The predicted molar refractivity (Wildman–Crippen MR) is 79.5 cm³/mol. The zero-order chi connectivity index (χ0) is 16.4. The minimum Gasteiger partial charge on any atom is -0.321 e. The summed E-state index contributed by atoms with van der Waals surface area (Å²) in [6.07, 6.45) is 4.33. The average molecular weight is 319 g/mol. The van der Waals surface area contributed by atoms with Gasteiger partial charge in [0.2, 0.25) is 0 Å². The highest BCUT2D eigenvalue weighted by Crippen LogP contribution is 2.32. The molecule has 3 rings (SSSR count). The minimum atomic E-state index is -4.57. The first-order chi connectivity index (χ1) is 10.9. The molecule has 0 saturated heterocycles. The van der Waals surface area contributed by atoms with Gasteiger partial charge in [-0.05, 0) is 30.4 Å². The van der Waals surface area contributed by atoms with Crippen molar-refractivity contribution in [1.82, 2.24) is 14.8 Å². The van der Waals surface area contributed by atoms with Gasteiger partial charge in [0.15, 0.2) is 11.5 Å². The van der Waals surface area contributed by atoms with Gasteiger partial charge in [-0.2, -0.15) is 18.3 Å². The first kappa shape index (κ1) is 15.2. The number of hydrogen-bond acceptors (Lipinski definition) is 4. The van der Waals surface area contributed by atoms with Crippen LogP contribution in [0.25, 0.3) is 11.3 Å². The Bertz CT molecular complexity index is 787. The fourth-order valence-electron chi connectivity index (χ4n) is 2.06. The molecule has 0 bridgehead atoms. The summed E-state index contributed by atoms with van der Waals surface area (Å²) in [6, 6.07) is 3.84. The van der Waals surface area contributed by atoms with Crippen LogP contribution in [-0.2, 0) is 6.18 Å². The molecule has 2 aromatic rings. The minimum absolute atomic E-state index is 0.0386. The zero-order valence-corrected chi connectivity index (χ0v) is 11.8. The standard InChI is InChI=1S/C15H12F3N5/c16-15(17,18)13-8-12(10-2-1-6-20-9-10)22-23(13)14-4-3-11(19)5-7-21-14/h1-9,11H,19H2. The number of aromatic nitrogens is 3. The van der Waals surface area contributed by atoms with Gasteiger partial charge in [-0.1, -0.05) is 6.08 Å². The fraction of sp³-hybridized carbons (Fsp3) is 0.133. The maximum absolute atomic E-state index is 13.3. The number of halogens is 3. The van der Waals surface area contributed by atoms with E-state index >= 15 is 0 Å². The number of nitrogens with zero attached hydrogens (tertiary/aromatic N) is 4. The van der Waals surface area contributed by atoms with E-state index in [1.165, 1.54) is 24.7 Å². The molecule has 2 aromatic heterocycles. The molecular formula is C15H12F3N5. The molecule has 118 valence electrons. The molecule has 23 heavy (non-hydrogen) atoms. The molecular weight excluding hydrogens is 307 g/mol. The van der Waals surface area contributed by atoms with Crippen LogP contribution < -0.4 is 5.73 Å². The van der Waals surface area contributed by atoms with Crippen LogP contribution in [0.5, 0.6) is 0 Å². The van der Waals surface area contributed by atoms with Gasteiger partial charge >= 0.3 is 6.18 Å². The van der Waals surface area contributed by atoms with E-state index in [2.05, 4.69) is 15.1 Å². The van der Waals surface area contributed by atoms with Crippen LogP contribution in [-0.4, -0.2) is 26.6 Å². The summed E-state index contributed by atoms with van der Waals surface area (Å²) in [5.74, 6) is 0.0386. The van der Waals surface area contributed by atoms with Gasteiger partial charge in [0.1, 0.15) is 0 Å². The van der Waals surface area contributed by atoms with Crippen LogP contribution in [0.3, 0.4) is 0 Å². The van der Waals surface area contributed by atoms with E-state index in [-0.39, 0.29) is 11.5 Å². The summed E-state index contributed by atoms with van der Waals surface area (Å²) in [5.41, 5.74) is 5.43. The molecule has 1 aliphatic heterocycles. The third-order valence-corrected chi connectivity index (χ3v) is 3.16. The summed E-state index contributed by atoms with van der Waals surface area (Å²) < 4.78 is 40.7. The molecule has 1 aliphatic rings. The number of alkyl halides is 3. The number of allylic oxidation sites excluding steroid dienone is 1. The molecule has 0 spiro atoms. The lowest BCUT2D eigenvalue weighted by Crippen LogP contribution is -2.20. The summed E-state index contributed by atoms with van der Waals surface area (Å²) in [5, 5.41) is 4.04. The molecule has 3 heterocycles. The van der Waals surface area contributed by atoms with E-state index in [9.17, 15) is 13.2 Å². The van der Waals surface area contributed by atoms with E-state index in [0.717, 1.165) is 10.7 Å². The maximum atomic E-state index is 13.3. The molecule has 0 fully saturated rings. The van der Waals surface area contributed by atoms with Crippen LogP contribution in [0.1, 0.15) is 5.69 Å². The lowest BCUT2D eigenvalue weighted by Gasteiger charge is -2.09. The smallest absolute Gasteiger partial charge is 0.321 e. The highest BCUT2D eigenvalue weighted by atomic mass is 19.4. The molecule has 0 radical (unpaired) electrons. The molecule has 2 N–H and O–H groups in total. The summed E-state index contributed by atoms with van der Waals surface area (Å²) >= 11 is 0. The number of nitrogens with two attached hydrogens (primary N) is 1. The van der Waals surface area contributed by atoms with Gasteiger partial charge in [-0.25, -0.2) is 9.67 Å². The van der Waals surface area contributed by atoms with Crippen molar-refractivity contribution in [3.63, 3.8) is 0 Å². The van der Waals surface area contributed by atoms with Crippen molar-refractivity contribution in [3.05, 3.63) is 60.7 Å². The van der Waals surface area contributed by atoms with Crippen molar-refractivity contribution in [2.45, 2.75) is 12.2 Å². The van der Waals surface area contributed by atoms with E-state index in [0.29, 0.717) is 5.56 Å². The molecule has 1 unspecified atom stereocenters. The highest BCUT2D eigenvalue weighted by Gasteiger charge is 2.37. The Hall–Kier alpha value is -2.74. The molecule has 8 heteroatoms. The third-order valence-electron chi connectivity index (χ3n) is 3.16. The summed E-state index contributed by atoms with van der Waals surface area (Å²) in [4.78, 5) is 7.88. The summed E-state index contributed by atoms with van der Waals surface area (Å²) in [6.45, 7) is 0. The highest BCUT2D eigenvalue weighted by molar-refractivity contribution is 5.96. The largest absolute Gasteiger partial charge is 0.433 e. The van der Waals surface area contributed by atoms with Gasteiger partial charge in [0.25, 0.3) is 0 Å². The van der Waals surface area contributed by atoms with Crippen molar-refractivity contribution < 1.29 is 13.2 Å². The normalized spacial score (nSPS) is 17.9. The number of rotatable bonds is 1. The van der Waals surface area contributed by atoms with Crippen molar-refractivity contribution >= 4 is 5.84 Å². The zero-order valence-electron chi connectivity index (χ0n) is 11.8. The lowest BCUT2D eigenvalue weighted by molar-refractivity contribution is -0.142. The Morgan fingerprint density at radius 3 is 2.74 bits per heavy atom. The molecule has 0 aliphatic carbocycles. The Morgan fingerprint density at radius 2 is 2.04 bits per heavy atom. The van der Waals surface area contributed by atoms with Gasteiger partial charge in [0, 0.05) is 30.2 Å².